The number of hydrogen-bond acceptors (Lipinski definition) is 4. The van der Waals surface area contributed by atoms with Crippen LogP contribution in [-0.2, 0) is 6.42 Å². The number of nitrogens with one attached hydrogen (secondary N) is 2. The van der Waals surface area contributed by atoms with Gasteiger partial charge >= 0.3 is 0 Å². The molecule has 2 aromatic heterocycles. The Labute approximate surface area is 112 Å². The fourth-order valence-electron chi connectivity index (χ4n) is 2.02. The van der Waals surface area contributed by atoms with Gasteiger partial charge in [-0.2, -0.15) is 0 Å². The third kappa shape index (κ3) is 1.92. The molecule has 0 bridgehead atoms. The van der Waals surface area contributed by atoms with E-state index < -0.39 is 0 Å². The summed E-state index contributed by atoms with van der Waals surface area (Å²) in [5.74, 6) is 1.16. The van der Waals surface area contributed by atoms with Gasteiger partial charge in [-0.05, 0) is 40.9 Å². The number of nitrogens with zero attached hydrogens (tertiary/aromatic N) is 2. The van der Waals surface area contributed by atoms with E-state index in [1.807, 2.05) is 12.1 Å². The molecule has 0 saturated carbocycles. The van der Waals surface area contributed by atoms with Gasteiger partial charge in [0.2, 0.25) is 0 Å². The van der Waals surface area contributed by atoms with Gasteiger partial charge in [-0.15, -0.1) is 0 Å². The third-order valence-corrected chi connectivity index (χ3v) is 3.53. The highest BCUT2D eigenvalue weighted by Gasteiger charge is 2.17. The summed E-state index contributed by atoms with van der Waals surface area (Å²) in [5, 5.41) is 3.16. The predicted octanol–water partition coefficient (Wildman–Crippen LogP) is 1.95. The van der Waals surface area contributed by atoms with Crippen molar-refractivity contribution in [2.24, 2.45) is 0 Å². The van der Waals surface area contributed by atoms with Crippen LogP contribution in [0.4, 0.5) is 5.82 Å². The molecule has 0 aromatic carbocycles. The molecule has 5 nitrogen and oxygen atoms in total. The number of anilines is 1. The largest absolute Gasteiger partial charge is 0.370 e. The average Bonchev–Trinajstić information content (AvgIpc) is 2.39. The van der Waals surface area contributed by atoms with Crippen LogP contribution in [0.3, 0.4) is 0 Å². The van der Waals surface area contributed by atoms with E-state index in [1.54, 1.807) is 6.20 Å². The summed E-state index contributed by atoms with van der Waals surface area (Å²) < 4.78 is 0.809. The predicted molar refractivity (Wildman–Crippen MR) is 72.6 cm³/mol. The van der Waals surface area contributed by atoms with Gasteiger partial charge in [0, 0.05) is 17.2 Å². The maximum atomic E-state index is 12.0. The van der Waals surface area contributed by atoms with Crippen molar-refractivity contribution >= 4 is 21.7 Å². The maximum absolute atomic E-state index is 12.0. The number of aromatic nitrogens is 3. The zero-order valence-corrected chi connectivity index (χ0v) is 11.1. The van der Waals surface area contributed by atoms with Gasteiger partial charge in [-0.1, -0.05) is 0 Å². The Morgan fingerprint density at radius 3 is 3.11 bits per heavy atom. The standard InChI is InChI=1S/C12H11BrN4O/c13-8-4-2-5-14-9(8)11-16-10-7(12(18)17-11)3-1-6-15-10/h2,4-5H,1,3,6H2,(H2,15,16,17,18). The summed E-state index contributed by atoms with van der Waals surface area (Å²) in [6.07, 6.45) is 3.41. The van der Waals surface area contributed by atoms with Crippen molar-refractivity contribution in [2.75, 3.05) is 11.9 Å². The van der Waals surface area contributed by atoms with E-state index in [-0.39, 0.29) is 5.56 Å². The molecular formula is C12H11BrN4O. The van der Waals surface area contributed by atoms with Crippen LogP contribution in [0.5, 0.6) is 0 Å². The molecule has 92 valence electrons. The molecule has 1 aliphatic heterocycles. The van der Waals surface area contributed by atoms with Crippen LogP contribution in [-0.4, -0.2) is 21.5 Å². The van der Waals surface area contributed by atoms with Crippen LogP contribution in [0.2, 0.25) is 0 Å². The van der Waals surface area contributed by atoms with E-state index in [0.717, 1.165) is 29.4 Å². The Kier molecular flexibility index (Phi) is 2.87. The summed E-state index contributed by atoms with van der Waals surface area (Å²) in [7, 11) is 0. The lowest BCUT2D eigenvalue weighted by Gasteiger charge is -2.16. The van der Waals surface area contributed by atoms with E-state index >= 15 is 0 Å². The summed E-state index contributed by atoms with van der Waals surface area (Å²) >= 11 is 3.41. The van der Waals surface area contributed by atoms with Crippen LogP contribution in [0, 0.1) is 0 Å². The Hall–Kier alpha value is -1.69. The molecule has 3 heterocycles. The molecule has 6 heteroatoms. The third-order valence-electron chi connectivity index (χ3n) is 2.89. The molecule has 0 radical (unpaired) electrons. The number of halogens is 1. The second kappa shape index (κ2) is 4.53. The van der Waals surface area contributed by atoms with Gasteiger partial charge in [0.25, 0.3) is 5.56 Å². The van der Waals surface area contributed by atoms with Crippen molar-refractivity contribution < 1.29 is 0 Å². The minimum atomic E-state index is -0.0836. The molecule has 0 spiro atoms. The van der Waals surface area contributed by atoms with E-state index in [9.17, 15) is 4.79 Å². The maximum Gasteiger partial charge on any atom is 0.256 e. The normalized spacial score (nSPS) is 13.8. The fourth-order valence-corrected chi connectivity index (χ4v) is 2.46. The summed E-state index contributed by atoms with van der Waals surface area (Å²) in [5.41, 5.74) is 1.29. The highest BCUT2D eigenvalue weighted by Crippen LogP contribution is 2.24. The smallest absolute Gasteiger partial charge is 0.256 e. The van der Waals surface area contributed by atoms with Crippen LogP contribution >= 0.6 is 15.9 Å². The molecule has 18 heavy (non-hydrogen) atoms. The first-order chi connectivity index (χ1) is 8.75. The van der Waals surface area contributed by atoms with Crippen molar-refractivity contribution in [3.8, 4) is 11.5 Å². The molecule has 1 aliphatic rings. The summed E-state index contributed by atoms with van der Waals surface area (Å²) in [6.45, 7) is 0.853. The fraction of sp³-hybridized carbons (Fsp3) is 0.250. The van der Waals surface area contributed by atoms with Gasteiger partial charge in [0.1, 0.15) is 11.5 Å². The van der Waals surface area contributed by atoms with E-state index in [0.29, 0.717) is 17.3 Å². The molecule has 2 N–H and O–H groups in total. The Morgan fingerprint density at radius 1 is 1.39 bits per heavy atom. The van der Waals surface area contributed by atoms with Crippen molar-refractivity contribution in [1.29, 1.82) is 0 Å². The number of hydrogen-bond donors (Lipinski definition) is 2. The van der Waals surface area contributed by atoms with Crippen molar-refractivity contribution in [1.82, 2.24) is 15.0 Å². The first kappa shape index (κ1) is 11.4. The minimum Gasteiger partial charge on any atom is -0.370 e. The highest BCUT2D eigenvalue weighted by atomic mass is 79.9. The van der Waals surface area contributed by atoms with E-state index in [1.165, 1.54) is 0 Å². The summed E-state index contributed by atoms with van der Waals surface area (Å²) in [4.78, 5) is 23.5. The van der Waals surface area contributed by atoms with Crippen LogP contribution in [0.15, 0.2) is 27.6 Å². The number of fused-ring (bicyclic) bond motifs is 1. The van der Waals surface area contributed by atoms with Crippen molar-refractivity contribution in [3.05, 3.63) is 38.7 Å². The molecule has 3 rings (SSSR count). The van der Waals surface area contributed by atoms with Gasteiger partial charge < -0.3 is 10.3 Å². The lowest BCUT2D eigenvalue weighted by atomic mass is 10.1. The minimum absolute atomic E-state index is 0.0836. The second-order valence-corrected chi connectivity index (χ2v) is 4.96. The van der Waals surface area contributed by atoms with Crippen LogP contribution in [0.25, 0.3) is 11.5 Å². The first-order valence-electron chi connectivity index (χ1n) is 5.73. The van der Waals surface area contributed by atoms with Gasteiger partial charge in [-0.3, -0.25) is 9.78 Å². The molecule has 0 saturated heterocycles. The highest BCUT2D eigenvalue weighted by molar-refractivity contribution is 9.10. The zero-order valence-electron chi connectivity index (χ0n) is 9.53. The first-order valence-corrected chi connectivity index (χ1v) is 6.53. The molecule has 0 fully saturated rings. The van der Waals surface area contributed by atoms with Gasteiger partial charge in [0.05, 0.1) is 5.56 Å². The molecule has 0 atom stereocenters. The molecular weight excluding hydrogens is 296 g/mol. The molecule has 0 aliphatic carbocycles. The van der Waals surface area contributed by atoms with Crippen LogP contribution in [0.1, 0.15) is 12.0 Å². The molecule has 0 unspecified atom stereocenters. The second-order valence-electron chi connectivity index (χ2n) is 4.11. The van der Waals surface area contributed by atoms with Crippen LogP contribution < -0.4 is 10.9 Å². The lowest BCUT2D eigenvalue weighted by molar-refractivity contribution is 0.799. The monoisotopic (exact) mass is 306 g/mol. The van der Waals surface area contributed by atoms with E-state index in [4.69, 9.17) is 0 Å². The Morgan fingerprint density at radius 2 is 2.28 bits per heavy atom. The number of pyridine rings is 1. The topological polar surface area (TPSA) is 70.7 Å². The molecule has 0 amide bonds. The average molecular weight is 307 g/mol. The SMILES string of the molecule is O=c1[nH]c(-c2ncccc2Br)nc2c1CCCN2. The number of aromatic amines is 1. The quantitative estimate of drug-likeness (QED) is 0.845. The van der Waals surface area contributed by atoms with Crippen molar-refractivity contribution in [3.63, 3.8) is 0 Å². The molecule has 2 aromatic rings. The zero-order chi connectivity index (χ0) is 12.5. The number of rotatable bonds is 1. The Bertz CT molecular complexity index is 653. The Balaban J connectivity index is 2.17. The number of H-pyrrole nitrogens is 1. The van der Waals surface area contributed by atoms with Crippen molar-refractivity contribution in [2.45, 2.75) is 12.8 Å². The summed E-state index contributed by atoms with van der Waals surface area (Å²) in [6, 6.07) is 3.69. The van der Waals surface area contributed by atoms with Gasteiger partial charge in [0.15, 0.2) is 5.82 Å². The lowest BCUT2D eigenvalue weighted by Crippen LogP contribution is -2.24. The van der Waals surface area contributed by atoms with E-state index in [2.05, 4.69) is 36.2 Å². The van der Waals surface area contributed by atoms with Gasteiger partial charge in [-0.25, -0.2) is 4.98 Å².